The van der Waals surface area contributed by atoms with Crippen LogP contribution in [-0.4, -0.2) is 23.0 Å². The van der Waals surface area contributed by atoms with E-state index in [1.807, 2.05) is 0 Å². The van der Waals surface area contributed by atoms with E-state index in [1.54, 1.807) is 6.07 Å². The SMILES string of the molecule is NCCCNc1nc2ccc([N+](=O)[O-])cc2o1. The fraction of sp³-hybridized carbons (Fsp3) is 0.300. The Morgan fingerprint density at radius 2 is 2.35 bits per heavy atom. The fourth-order valence-corrected chi connectivity index (χ4v) is 1.40. The molecule has 3 N–H and O–H groups in total. The number of benzene rings is 1. The van der Waals surface area contributed by atoms with Crippen LogP contribution in [0.3, 0.4) is 0 Å². The van der Waals surface area contributed by atoms with Gasteiger partial charge in [-0.05, 0) is 19.0 Å². The number of nitro groups is 1. The first-order valence-corrected chi connectivity index (χ1v) is 5.19. The minimum atomic E-state index is -0.469. The molecule has 2 aromatic rings. The Kier molecular flexibility index (Phi) is 3.20. The van der Waals surface area contributed by atoms with Crippen molar-refractivity contribution < 1.29 is 9.34 Å². The highest BCUT2D eigenvalue weighted by atomic mass is 16.6. The molecule has 1 heterocycles. The van der Waals surface area contributed by atoms with Crippen molar-refractivity contribution in [3.05, 3.63) is 28.3 Å². The number of fused-ring (bicyclic) bond motifs is 1. The van der Waals surface area contributed by atoms with Crippen molar-refractivity contribution in [3.8, 4) is 0 Å². The predicted molar refractivity (Wildman–Crippen MR) is 62.8 cm³/mol. The van der Waals surface area contributed by atoms with Crippen LogP contribution in [0.1, 0.15) is 6.42 Å². The molecule has 0 atom stereocenters. The molecule has 0 aliphatic carbocycles. The summed E-state index contributed by atoms with van der Waals surface area (Å²) < 4.78 is 5.34. The van der Waals surface area contributed by atoms with Gasteiger partial charge in [0.15, 0.2) is 5.58 Å². The van der Waals surface area contributed by atoms with Gasteiger partial charge in [-0.15, -0.1) is 0 Å². The van der Waals surface area contributed by atoms with Crippen LogP contribution < -0.4 is 11.1 Å². The maximum absolute atomic E-state index is 10.6. The number of oxazole rings is 1. The minimum Gasteiger partial charge on any atom is -0.423 e. The number of nitrogens with two attached hydrogens (primary N) is 1. The number of nitrogens with zero attached hydrogens (tertiary/aromatic N) is 2. The van der Waals surface area contributed by atoms with Crippen molar-refractivity contribution >= 4 is 22.8 Å². The average Bonchev–Trinajstić information content (AvgIpc) is 2.70. The van der Waals surface area contributed by atoms with E-state index in [4.69, 9.17) is 10.2 Å². The summed E-state index contributed by atoms with van der Waals surface area (Å²) in [6, 6.07) is 4.67. The largest absolute Gasteiger partial charge is 0.423 e. The van der Waals surface area contributed by atoms with E-state index in [0.717, 1.165) is 6.42 Å². The van der Waals surface area contributed by atoms with Crippen LogP contribution in [0, 0.1) is 10.1 Å². The lowest BCUT2D eigenvalue weighted by molar-refractivity contribution is -0.384. The van der Waals surface area contributed by atoms with Gasteiger partial charge in [0, 0.05) is 12.6 Å². The summed E-state index contributed by atoms with van der Waals surface area (Å²) in [6.07, 6.45) is 0.804. The third kappa shape index (κ3) is 2.51. The highest BCUT2D eigenvalue weighted by Gasteiger charge is 2.11. The summed E-state index contributed by atoms with van der Waals surface area (Å²) in [7, 11) is 0. The second-order valence-corrected chi connectivity index (χ2v) is 3.50. The summed E-state index contributed by atoms with van der Waals surface area (Å²) in [5.74, 6) is 0. The van der Waals surface area contributed by atoms with Crippen LogP contribution in [0.15, 0.2) is 22.6 Å². The average molecular weight is 236 g/mol. The molecule has 0 radical (unpaired) electrons. The standard InChI is InChI=1S/C10H12N4O3/c11-4-1-5-12-10-13-8-3-2-7(14(15)16)6-9(8)17-10/h2-3,6H,1,4-5,11H2,(H,12,13). The Morgan fingerprint density at radius 3 is 3.06 bits per heavy atom. The number of non-ortho nitro benzene ring substituents is 1. The zero-order chi connectivity index (χ0) is 12.3. The molecule has 1 aromatic carbocycles. The van der Waals surface area contributed by atoms with E-state index in [0.29, 0.717) is 30.2 Å². The molecule has 7 nitrogen and oxygen atoms in total. The number of nitrogens with one attached hydrogen (secondary N) is 1. The molecule has 0 bridgehead atoms. The Morgan fingerprint density at radius 1 is 1.53 bits per heavy atom. The van der Waals surface area contributed by atoms with Gasteiger partial charge in [-0.1, -0.05) is 0 Å². The molecule has 0 aliphatic heterocycles. The highest BCUT2D eigenvalue weighted by Crippen LogP contribution is 2.23. The zero-order valence-electron chi connectivity index (χ0n) is 9.05. The minimum absolute atomic E-state index is 0.0119. The molecule has 1 aromatic heterocycles. The summed E-state index contributed by atoms with van der Waals surface area (Å²) in [5.41, 5.74) is 6.33. The molecule has 17 heavy (non-hydrogen) atoms. The van der Waals surface area contributed by atoms with Gasteiger partial charge in [0.2, 0.25) is 0 Å². The van der Waals surface area contributed by atoms with Gasteiger partial charge >= 0.3 is 0 Å². The Hall–Kier alpha value is -2.15. The first-order valence-electron chi connectivity index (χ1n) is 5.19. The molecule has 0 saturated carbocycles. The van der Waals surface area contributed by atoms with E-state index < -0.39 is 4.92 Å². The Balaban J connectivity index is 2.21. The lowest BCUT2D eigenvalue weighted by Crippen LogP contribution is -2.08. The first kappa shape index (κ1) is 11.3. The van der Waals surface area contributed by atoms with E-state index in [9.17, 15) is 10.1 Å². The van der Waals surface area contributed by atoms with Crippen molar-refractivity contribution in [2.45, 2.75) is 6.42 Å². The molecular weight excluding hydrogens is 224 g/mol. The van der Waals surface area contributed by atoms with E-state index in [-0.39, 0.29) is 5.69 Å². The van der Waals surface area contributed by atoms with Crippen LogP contribution >= 0.6 is 0 Å². The smallest absolute Gasteiger partial charge is 0.295 e. The van der Waals surface area contributed by atoms with Crippen LogP contribution in [-0.2, 0) is 0 Å². The summed E-state index contributed by atoms with van der Waals surface area (Å²) in [6.45, 7) is 1.24. The lowest BCUT2D eigenvalue weighted by Gasteiger charge is -1.97. The maximum atomic E-state index is 10.6. The third-order valence-corrected chi connectivity index (χ3v) is 2.24. The first-order chi connectivity index (χ1) is 8.20. The van der Waals surface area contributed by atoms with Crippen molar-refractivity contribution in [2.75, 3.05) is 18.4 Å². The molecule has 0 saturated heterocycles. The summed E-state index contributed by atoms with van der Waals surface area (Å²) in [5, 5.41) is 13.5. The van der Waals surface area contributed by atoms with Crippen molar-refractivity contribution in [3.63, 3.8) is 0 Å². The predicted octanol–water partition coefficient (Wildman–Crippen LogP) is 1.50. The number of hydrogen-bond acceptors (Lipinski definition) is 6. The van der Waals surface area contributed by atoms with E-state index in [1.165, 1.54) is 12.1 Å². The molecule has 0 unspecified atom stereocenters. The molecular formula is C10H12N4O3. The van der Waals surface area contributed by atoms with E-state index in [2.05, 4.69) is 10.3 Å². The molecule has 0 amide bonds. The number of aromatic nitrogens is 1. The highest BCUT2D eigenvalue weighted by molar-refractivity contribution is 5.77. The van der Waals surface area contributed by atoms with Gasteiger partial charge < -0.3 is 15.5 Å². The normalized spacial score (nSPS) is 10.6. The molecule has 2 rings (SSSR count). The van der Waals surface area contributed by atoms with Crippen molar-refractivity contribution in [1.29, 1.82) is 0 Å². The van der Waals surface area contributed by atoms with Gasteiger partial charge in [-0.25, -0.2) is 0 Å². The van der Waals surface area contributed by atoms with Crippen LogP contribution in [0.25, 0.3) is 11.1 Å². The molecule has 7 heteroatoms. The number of anilines is 1. The molecule has 0 fully saturated rings. The van der Waals surface area contributed by atoms with Gasteiger partial charge in [0.1, 0.15) is 5.52 Å². The number of hydrogen-bond donors (Lipinski definition) is 2. The zero-order valence-corrected chi connectivity index (χ0v) is 9.05. The van der Waals surface area contributed by atoms with Gasteiger partial charge in [-0.3, -0.25) is 10.1 Å². The maximum Gasteiger partial charge on any atom is 0.295 e. The molecule has 0 aliphatic rings. The monoisotopic (exact) mass is 236 g/mol. The van der Waals surface area contributed by atoms with Gasteiger partial charge in [0.05, 0.1) is 11.0 Å². The van der Waals surface area contributed by atoms with Crippen molar-refractivity contribution in [2.24, 2.45) is 5.73 Å². The van der Waals surface area contributed by atoms with Gasteiger partial charge in [-0.2, -0.15) is 4.98 Å². The van der Waals surface area contributed by atoms with E-state index >= 15 is 0 Å². The van der Waals surface area contributed by atoms with Crippen LogP contribution in [0.2, 0.25) is 0 Å². The topological polar surface area (TPSA) is 107 Å². The second-order valence-electron chi connectivity index (χ2n) is 3.50. The summed E-state index contributed by atoms with van der Waals surface area (Å²) in [4.78, 5) is 14.3. The van der Waals surface area contributed by atoms with Crippen LogP contribution in [0.4, 0.5) is 11.7 Å². The lowest BCUT2D eigenvalue weighted by atomic mass is 10.3. The number of rotatable bonds is 5. The Bertz CT molecular complexity index is 537. The third-order valence-electron chi connectivity index (χ3n) is 2.24. The fourth-order valence-electron chi connectivity index (χ4n) is 1.40. The molecule has 90 valence electrons. The van der Waals surface area contributed by atoms with Crippen LogP contribution in [0.5, 0.6) is 0 Å². The quantitative estimate of drug-likeness (QED) is 0.462. The summed E-state index contributed by atoms with van der Waals surface area (Å²) >= 11 is 0. The number of nitro benzene ring substituents is 1. The molecule has 0 spiro atoms. The van der Waals surface area contributed by atoms with Crippen molar-refractivity contribution in [1.82, 2.24) is 4.98 Å². The van der Waals surface area contributed by atoms with Gasteiger partial charge in [0.25, 0.3) is 11.7 Å². The second kappa shape index (κ2) is 4.79. The Labute approximate surface area is 96.8 Å².